The minimum Gasteiger partial charge on any atom is -0.382 e. The molecule has 1 amide bonds. The van der Waals surface area contributed by atoms with Crippen LogP contribution in [-0.4, -0.2) is 33.7 Å². The number of nitrogens with one attached hydrogen (secondary N) is 1. The highest BCUT2D eigenvalue weighted by Crippen LogP contribution is 2.12. The second kappa shape index (κ2) is 5.95. The van der Waals surface area contributed by atoms with E-state index in [4.69, 9.17) is 4.84 Å². The van der Waals surface area contributed by atoms with Gasteiger partial charge in [0.2, 0.25) is 6.10 Å². The number of imidazole rings is 1. The molecule has 0 aliphatic carbocycles. The Morgan fingerprint density at radius 1 is 1.52 bits per heavy atom. The van der Waals surface area contributed by atoms with E-state index in [0.717, 1.165) is 23.5 Å². The Balaban J connectivity index is 1.49. The number of carbonyl (C=O) groups excluding carboxylic acids is 1. The third kappa shape index (κ3) is 3.04. The Labute approximate surface area is 122 Å². The monoisotopic (exact) mass is 286 g/mol. The van der Waals surface area contributed by atoms with Crippen molar-refractivity contribution < 1.29 is 9.63 Å². The third-order valence-corrected chi connectivity index (χ3v) is 3.52. The number of rotatable bonds is 5. The number of oxime groups is 1. The van der Waals surface area contributed by atoms with Gasteiger partial charge in [-0.25, -0.2) is 4.98 Å². The zero-order valence-corrected chi connectivity index (χ0v) is 12.0. The van der Waals surface area contributed by atoms with Gasteiger partial charge in [0.1, 0.15) is 5.65 Å². The number of nitrogens with zero attached hydrogens (tertiary/aromatic N) is 3. The highest BCUT2D eigenvalue weighted by atomic mass is 16.6. The number of hydrogen-bond donors (Lipinski definition) is 1. The topological polar surface area (TPSA) is 68.0 Å². The van der Waals surface area contributed by atoms with Gasteiger partial charge < -0.3 is 14.6 Å². The summed E-state index contributed by atoms with van der Waals surface area (Å²) in [6, 6.07) is 5.87. The number of hydrogen-bond acceptors (Lipinski definition) is 4. The fraction of sp³-hybridized carbons (Fsp3) is 0.400. The lowest BCUT2D eigenvalue weighted by Gasteiger charge is -2.08. The molecule has 21 heavy (non-hydrogen) atoms. The van der Waals surface area contributed by atoms with E-state index in [1.807, 2.05) is 41.9 Å². The minimum atomic E-state index is -0.471. The molecule has 1 atom stereocenters. The molecule has 1 aliphatic rings. The van der Waals surface area contributed by atoms with Gasteiger partial charge >= 0.3 is 0 Å². The summed E-state index contributed by atoms with van der Waals surface area (Å²) < 4.78 is 1.97. The fourth-order valence-electron chi connectivity index (χ4n) is 2.31. The van der Waals surface area contributed by atoms with Gasteiger partial charge in [-0.05, 0) is 18.6 Å². The molecule has 0 saturated heterocycles. The first-order chi connectivity index (χ1) is 10.3. The molecule has 0 aromatic carbocycles. The van der Waals surface area contributed by atoms with Crippen LogP contribution >= 0.6 is 0 Å². The summed E-state index contributed by atoms with van der Waals surface area (Å²) in [4.78, 5) is 21.5. The van der Waals surface area contributed by atoms with Crippen LogP contribution in [0.15, 0.2) is 35.7 Å². The number of aromatic nitrogens is 2. The average molecular weight is 286 g/mol. The van der Waals surface area contributed by atoms with Gasteiger partial charge in [0, 0.05) is 31.8 Å². The second-order valence-electron chi connectivity index (χ2n) is 5.05. The lowest BCUT2D eigenvalue weighted by atomic mass is 10.1. The van der Waals surface area contributed by atoms with Crippen LogP contribution in [0.3, 0.4) is 0 Å². The summed E-state index contributed by atoms with van der Waals surface area (Å²) in [6.07, 6.45) is 5.58. The van der Waals surface area contributed by atoms with Gasteiger partial charge in [-0.3, -0.25) is 4.79 Å². The number of pyridine rings is 1. The fourth-order valence-corrected chi connectivity index (χ4v) is 2.31. The molecule has 0 unspecified atom stereocenters. The van der Waals surface area contributed by atoms with E-state index in [1.165, 1.54) is 0 Å². The predicted octanol–water partition coefficient (Wildman–Crippen LogP) is 1.55. The van der Waals surface area contributed by atoms with Crippen molar-refractivity contribution in [1.82, 2.24) is 14.7 Å². The van der Waals surface area contributed by atoms with Crippen LogP contribution < -0.4 is 5.32 Å². The van der Waals surface area contributed by atoms with E-state index in [0.29, 0.717) is 19.4 Å². The molecule has 0 bridgehead atoms. The molecule has 0 spiro atoms. The number of carbonyl (C=O) groups is 1. The van der Waals surface area contributed by atoms with Crippen LogP contribution in [0, 0.1) is 0 Å². The first-order valence-electron chi connectivity index (χ1n) is 7.18. The quantitative estimate of drug-likeness (QED) is 0.906. The van der Waals surface area contributed by atoms with E-state index in [-0.39, 0.29) is 5.91 Å². The van der Waals surface area contributed by atoms with Crippen LogP contribution in [0.2, 0.25) is 0 Å². The van der Waals surface area contributed by atoms with Gasteiger partial charge in [0.25, 0.3) is 5.91 Å². The molecule has 6 heteroatoms. The Hall–Kier alpha value is -2.37. The zero-order valence-electron chi connectivity index (χ0n) is 12.0. The summed E-state index contributed by atoms with van der Waals surface area (Å²) in [5.41, 5.74) is 2.81. The summed E-state index contributed by atoms with van der Waals surface area (Å²) in [5, 5.41) is 6.77. The Morgan fingerprint density at radius 3 is 3.19 bits per heavy atom. The van der Waals surface area contributed by atoms with Crippen LogP contribution in [0.1, 0.15) is 25.5 Å². The van der Waals surface area contributed by atoms with E-state index >= 15 is 0 Å². The van der Waals surface area contributed by atoms with Crippen molar-refractivity contribution in [1.29, 1.82) is 0 Å². The van der Waals surface area contributed by atoms with Crippen LogP contribution in [0.5, 0.6) is 0 Å². The molecule has 3 rings (SSSR count). The maximum atomic E-state index is 11.9. The molecule has 6 nitrogen and oxygen atoms in total. The summed E-state index contributed by atoms with van der Waals surface area (Å²) in [7, 11) is 0. The molecule has 0 radical (unpaired) electrons. The van der Waals surface area contributed by atoms with Gasteiger partial charge in [0.15, 0.2) is 0 Å². The zero-order chi connectivity index (χ0) is 14.7. The van der Waals surface area contributed by atoms with Crippen LogP contribution in [-0.2, 0) is 16.1 Å². The molecule has 0 saturated carbocycles. The first kappa shape index (κ1) is 13.6. The third-order valence-electron chi connectivity index (χ3n) is 3.52. The molecule has 1 aliphatic heterocycles. The SMILES string of the molecule is CCC1=NO[C@@H](C(=O)NCCc2cn3ccccc3n2)C1. The van der Waals surface area contributed by atoms with Crippen LogP contribution in [0.4, 0.5) is 0 Å². The predicted molar refractivity (Wildman–Crippen MR) is 79.1 cm³/mol. The lowest BCUT2D eigenvalue weighted by Crippen LogP contribution is -2.35. The number of fused-ring (bicyclic) bond motifs is 1. The molecule has 110 valence electrons. The molecular weight excluding hydrogens is 268 g/mol. The standard InChI is InChI=1S/C15H18N4O2/c1-2-11-9-13(21-18-11)15(20)16-7-6-12-10-19-8-4-3-5-14(19)17-12/h3-5,8,10,13H,2,6-7,9H2,1H3,(H,16,20)/t13-/m1/s1. The molecule has 2 aromatic rings. The highest BCUT2D eigenvalue weighted by Gasteiger charge is 2.26. The van der Waals surface area contributed by atoms with E-state index in [1.54, 1.807) is 0 Å². The van der Waals surface area contributed by atoms with E-state index in [2.05, 4.69) is 15.5 Å². The van der Waals surface area contributed by atoms with Crippen LogP contribution in [0.25, 0.3) is 5.65 Å². The molecule has 3 heterocycles. The summed E-state index contributed by atoms with van der Waals surface area (Å²) in [5.74, 6) is -0.106. The van der Waals surface area contributed by atoms with Gasteiger partial charge in [-0.2, -0.15) is 0 Å². The molecular formula is C15H18N4O2. The van der Waals surface area contributed by atoms with Crippen molar-refractivity contribution in [3.8, 4) is 0 Å². The van der Waals surface area contributed by atoms with E-state index in [9.17, 15) is 4.79 Å². The Bertz CT molecular complexity index is 644. The Kier molecular flexibility index (Phi) is 3.85. The van der Waals surface area contributed by atoms with Crippen molar-refractivity contribution in [3.05, 3.63) is 36.3 Å². The minimum absolute atomic E-state index is 0.106. The van der Waals surface area contributed by atoms with Gasteiger partial charge in [-0.1, -0.05) is 18.1 Å². The van der Waals surface area contributed by atoms with Crippen molar-refractivity contribution in [2.24, 2.45) is 5.16 Å². The Morgan fingerprint density at radius 2 is 2.43 bits per heavy atom. The summed E-state index contributed by atoms with van der Waals surface area (Å²) >= 11 is 0. The smallest absolute Gasteiger partial charge is 0.264 e. The molecule has 0 fully saturated rings. The lowest BCUT2D eigenvalue weighted by molar-refractivity contribution is -0.131. The largest absolute Gasteiger partial charge is 0.382 e. The maximum Gasteiger partial charge on any atom is 0.264 e. The molecule has 2 aromatic heterocycles. The van der Waals surface area contributed by atoms with Crippen molar-refractivity contribution in [3.63, 3.8) is 0 Å². The maximum absolute atomic E-state index is 11.9. The van der Waals surface area contributed by atoms with Crippen molar-refractivity contribution in [2.45, 2.75) is 32.3 Å². The van der Waals surface area contributed by atoms with Crippen molar-refractivity contribution >= 4 is 17.3 Å². The summed E-state index contributed by atoms with van der Waals surface area (Å²) in [6.45, 7) is 2.55. The van der Waals surface area contributed by atoms with Gasteiger partial charge in [0.05, 0.1) is 11.4 Å². The first-order valence-corrected chi connectivity index (χ1v) is 7.18. The van der Waals surface area contributed by atoms with E-state index < -0.39 is 6.10 Å². The number of amides is 1. The van der Waals surface area contributed by atoms with Gasteiger partial charge in [-0.15, -0.1) is 0 Å². The normalized spacial score (nSPS) is 17.6. The van der Waals surface area contributed by atoms with Crippen molar-refractivity contribution in [2.75, 3.05) is 6.54 Å². The average Bonchev–Trinajstić information content (AvgIpc) is 3.13. The molecule has 1 N–H and O–H groups in total. The highest BCUT2D eigenvalue weighted by molar-refractivity contribution is 5.92. The second-order valence-corrected chi connectivity index (χ2v) is 5.05.